The molecule has 2 rings (SSSR count). The molecule has 0 radical (unpaired) electrons. The van der Waals surface area contributed by atoms with Gasteiger partial charge in [-0.2, -0.15) is 0 Å². The summed E-state index contributed by atoms with van der Waals surface area (Å²) >= 11 is 0. The highest BCUT2D eigenvalue weighted by Crippen LogP contribution is 2.20. The zero-order valence-corrected chi connectivity index (χ0v) is 11.6. The monoisotopic (exact) mass is 299 g/mol. The van der Waals surface area contributed by atoms with Crippen molar-refractivity contribution in [2.24, 2.45) is 5.84 Å². The molecule has 0 saturated carbocycles. The van der Waals surface area contributed by atoms with Crippen molar-refractivity contribution < 1.29 is 18.3 Å². The van der Waals surface area contributed by atoms with Crippen molar-refractivity contribution in [1.29, 1.82) is 0 Å². The second-order valence-electron chi connectivity index (χ2n) is 4.99. The molecule has 0 aliphatic carbocycles. The number of anilines is 1. The average Bonchev–Trinajstić information content (AvgIpc) is 2.48. The molecule has 0 bridgehead atoms. The lowest BCUT2D eigenvalue weighted by atomic mass is 10.1. The van der Waals surface area contributed by atoms with Crippen molar-refractivity contribution in [3.63, 3.8) is 0 Å². The summed E-state index contributed by atoms with van der Waals surface area (Å²) in [7, 11) is 0. The van der Waals surface area contributed by atoms with Crippen molar-refractivity contribution in [3.05, 3.63) is 29.3 Å². The maximum Gasteiger partial charge on any atom is 0.251 e. The second-order valence-corrected chi connectivity index (χ2v) is 4.99. The van der Waals surface area contributed by atoms with Gasteiger partial charge in [-0.15, -0.1) is 0 Å². The molecule has 1 unspecified atom stereocenters. The van der Waals surface area contributed by atoms with E-state index in [4.69, 9.17) is 10.6 Å². The quantitative estimate of drug-likeness (QED) is 0.573. The van der Waals surface area contributed by atoms with Crippen LogP contribution in [0.1, 0.15) is 36.0 Å². The number of hydrazine groups is 1. The van der Waals surface area contributed by atoms with E-state index in [1.54, 1.807) is 0 Å². The summed E-state index contributed by atoms with van der Waals surface area (Å²) in [6, 6.07) is 1.90. The number of nitrogen functional groups attached to an aromatic ring is 1. The van der Waals surface area contributed by atoms with Crippen molar-refractivity contribution >= 4 is 11.6 Å². The molecule has 1 heterocycles. The number of carbonyl (C=O) groups is 1. The van der Waals surface area contributed by atoms with Gasteiger partial charge in [0.25, 0.3) is 5.91 Å². The smallest absolute Gasteiger partial charge is 0.251 e. The van der Waals surface area contributed by atoms with Crippen molar-refractivity contribution in [1.82, 2.24) is 5.32 Å². The highest BCUT2D eigenvalue weighted by molar-refractivity contribution is 5.94. The van der Waals surface area contributed by atoms with Gasteiger partial charge in [-0.05, 0) is 37.8 Å². The average molecular weight is 299 g/mol. The van der Waals surface area contributed by atoms with E-state index in [-0.39, 0.29) is 11.7 Å². The number of nitrogens with two attached hydrogens (primary N) is 1. The van der Waals surface area contributed by atoms with E-state index >= 15 is 0 Å². The van der Waals surface area contributed by atoms with Crippen molar-refractivity contribution in [2.45, 2.75) is 31.8 Å². The highest BCUT2D eigenvalue weighted by atomic mass is 19.1. The maximum absolute atomic E-state index is 13.5. The molecule has 1 saturated heterocycles. The summed E-state index contributed by atoms with van der Waals surface area (Å²) in [5.41, 5.74) is 1.39. The highest BCUT2D eigenvalue weighted by Gasteiger charge is 2.16. The number of hydrogen-bond donors (Lipinski definition) is 3. The van der Waals surface area contributed by atoms with E-state index in [2.05, 4.69) is 5.32 Å². The summed E-state index contributed by atoms with van der Waals surface area (Å²) in [6.07, 6.45) is 4.03. The molecule has 1 aromatic rings. The minimum atomic E-state index is -0.904. The predicted molar refractivity (Wildman–Crippen MR) is 74.7 cm³/mol. The van der Waals surface area contributed by atoms with Gasteiger partial charge in [-0.1, -0.05) is 0 Å². The first-order valence-corrected chi connectivity index (χ1v) is 6.97. The molecule has 1 aromatic carbocycles. The molecule has 7 heteroatoms. The first-order valence-electron chi connectivity index (χ1n) is 6.97. The van der Waals surface area contributed by atoms with Gasteiger partial charge in [0.15, 0.2) is 11.6 Å². The Morgan fingerprint density at radius 2 is 2.05 bits per heavy atom. The van der Waals surface area contributed by atoms with E-state index in [1.165, 1.54) is 0 Å². The molecule has 1 aliphatic heterocycles. The first kappa shape index (κ1) is 15.7. The molecule has 21 heavy (non-hydrogen) atoms. The van der Waals surface area contributed by atoms with Crippen LogP contribution in [0.4, 0.5) is 14.5 Å². The number of hydrogen-bond acceptors (Lipinski definition) is 4. The topological polar surface area (TPSA) is 76.4 Å². The molecule has 5 nitrogen and oxygen atoms in total. The molecule has 0 spiro atoms. The van der Waals surface area contributed by atoms with Crippen LogP contribution in [0.15, 0.2) is 12.1 Å². The Labute approximate surface area is 121 Å². The summed E-state index contributed by atoms with van der Waals surface area (Å²) < 4.78 is 32.5. The molecule has 1 fully saturated rings. The summed E-state index contributed by atoms with van der Waals surface area (Å²) in [4.78, 5) is 11.9. The van der Waals surface area contributed by atoms with Crippen LogP contribution in [-0.4, -0.2) is 25.2 Å². The number of rotatable bonds is 5. The van der Waals surface area contributed by atoms with E-state index in [9.17, 15) is 13.6 Å². The summed E-state index contributed by atoms with van der Waals surface area (Å²) in [5.74, 6) is 2.67. The van der Waals surface area contributed by atoms with Crippen LogP contribution in [0.2, 0.25) is 0 Å². The number of nitrogens with one attached hydrogen (secondary N) is 2. The Kier molecular flexibility index (Phi) is 5.46. The van der Waals surface area contributed by atoms with Crippen LogP contribution in [0.25, 0.3) is 0 Å². The SMILES string of the molecule is NNc1c(F)cc(C(=O)NCCC2CCCCO2)cc1F. The standard InChI is InChI=1S/C14H19F2N3O2/c15-11-7-9(8-12(16)13(11)19-17)14(20)18-5-4-10-3-1-2-6-21-10/h7-8,10,19H,1-6,17H2,(H,18,20). The second kappa shape index (κ2) is 7.33. The van der Waals surface area contributed by atoms with Gasteiger partial charge in [0.2, 0.25) is 0 Å². The summed E-state index contributed by atoms with van der Waals surface area (Å²) in [5, 5.41) is 2.63. The Balaban J connectivity index is 1.88. The Morgan fingerprint density at radius 3 is 2.62 bits per heavy atom. The predicted octanol–water partition coefficient (Wildman–Crippen LogP) is 1.94. The molecule has 1 amide bonds. The third kappa shape index (κ3) is 4.12. The molecular formula is C14H19F2N3O2. The Bertz CT molecular complexity index is 482. The molecule has 0 aromatic heterocycles. The molecule has 1 aliphatic rings. The zero-order chi connectivity index (χ0) is 15.2. The lowest BCUT2D eigenvalue weighted by molar-refractivity contribution is 0.0117. The number of ether oxygens (including phenoxy) is 1. The molecule has 116 valence electrons. The number of benzene rings is 1. The molecule has 4 N–H and O–H groups in total. The van der Waals surface area contributed by atoms with Crippen LogP contribution in [0.3, 0.4) is 0 Å². The van der Waals surface area contributed by atoms with Crippen LogP contribution in [0, 0.1) is 11.6 Å². The Hall–Kier alpha value is -1.73. The van der Waals surface area contributed by atoms with Crippen LogP contribution in [0.5, 0.6) is 0 Å². The number of halogens is 2. The third-order valence-electron chi connectivity index (χ3n) is 3.47. The van der Waals surface area contributed by atoms with Gasteiger partial charge in [0, 0.05) is 18.7 Å². The number of amides is 1. The lowest BCUT2D eigenvalue weighted by Gasteiger charge is -2.22. The van der Waals surface area contributed by atoms with Crippen LogP contribution >= 0.6 is 0 Å². The minimum absolute atomic E-state index is 0.0754. The van der Waals surface area contributed by atoms with Gasteiger partial charge in [-0.3, -0.25) is 10.6 Å². The normalized spacial score (nSPS) is 18.3. The van der Waals surface area contributed by atoms with Gasteiger partial charge in [0.05, 0.1) is 6.10 Å². The molecule has 1 atom stereocenters. The molecular weight excluding hydrogens is 280 g/mol. The Morgan fingerprint density at radius 1 is 1.33 bits per heavy atom. The summed E-state index contributed by atoms with van der Waals surface area (Å²) in [6.45, 7) is 1.16. The fraction of sp³-hybridized carbons (Fsp3) is 0.500. The van der Waals surface area contributed by atoms with E-state index < -0.39 is 23.2 Å². The van der Waals surface area contributed by atoms with Gasteiger partial charge in [0.1, 0.15) is 5.69 Å². The van der Waals surface area contributed by atoms with Crippen LogP contribution < -0.4 is 16.6 Å². The van der Waals surface area contributed by atoms with Crippen LogP contribution in [-0.2, 0) is 4.74 Å². The van der Waals surface area contributed by atoms with Crippen molar-refractivity contribution in [2.75, 3.05) is 18.6 Å². The first-order chi connectivity index (χ1) is 10.1. The van der Waals surface area contributed by atoms with E-state index in [0.29, 0.717) is 13.0 Å². The van der Waals surface area contributed by atoms with Gasteiger partial charge >= 0.3 is 0 Å². The van der Waals surface area contributed by atoms with Crippen molar-refractivity contribution in [3.8, 4) is 0 Å². The van der Waals surface area contributed by atoms with E-state index in [0.717, 1.165) is 38.0 Å². The largest absolute Gasteiger partial charge is 0.378 e. The minimum Gasteiger partial charge on any atom is -0.378 e. The van der Waals surface area contributed by atoms with E-state index in [1.807, 2.05) is 5.43 Å². The third-order valence-corrected chi connectivity index (χ3v) is 3.47. The fourth-order valence-electron chi connectivity index (χ4n) is 2.33. The van der Waals surface area contributed by atoms with Gasteiger partial charge in [-0.25, -0.2) is 8.78 Å². The fourth-order valence-corrected chi connectivity index (χ4v) is 2.33. The van der Waals surface area contributed by atoms with Gasteiger partial charge < -0.3 is 15.5 Å². The lowest BCUT2D eigenvalue weighted by Crippen LogP contribution is -2.29. The zero-order valence-electron chi connectivity index (χ0n) is 11.6. The number of carbonyl (C=O) groups excluding carboxylic acids is 1. The maximum atomic E-state index is 13.5.